The number of aromatic amines is 1. The second-order valence-electron chi connectivity index (χ2n) is 3.03. The van der Waals surface area contributed by atoms with Gasteiger partial charge < -0.3 is 10.3 Å². The van der Waals surface area contributed by atoms with Gasteiger partial charge in [0.05, 0.1) is 12.6 Å². The zero-order valence-corrected chi connectivity index (χ0v) is 10.9. The predicted octanol–water partition coefficient (Wildman–Crippen LogP) is 0.532. The van der Waals surface area contributed by atoms with Gasteiger partial charge in [0.15, 0.2) is 0 Å². The van der Waals surface area contributed by atoms with Crippen LogP contribution in [0.25, 0.3) is 0 Å². The maximum Gasteiger partial charge on any atom is 0.238 e. The third-order valence-corrected chi connectivity index (χ3v) is 2.96. The number of thioether (sulfide) groups is 1. The van der Waals surface area contributed by atoms with E-state index in [1.165, 1.54) is 0 Å². The van der Waals surface area contributed by atoms with Crippen molar-refractivity contribution in [3.8, 4) is 0 Å². The van der Waals surface area contributed by atoms with E-state index >= 15 is 0 Å². The molecule has 1 aromatic heterocycles. The van der Waals surface area contributed by atoms with Crippen molar-refractivity contribution >= 4 is 42.5 Å². The molecule has 1 fully saturated rings. The second kappa shape index (κ2) is 7.78. The van der Waals surface area contributed by atoms with Crippen LogP contribution < -0.4 is 10.6 Å². The molecule has 0 bridgehead atoms. The van der Waals surface area contributed by atoms with Crippen LogP contribution in [-0.2, 0) is 11.3 Å². The normalized spacial score (nSPS) is 18.4. The lowest BCUT2D eigenvalue weighted by molar-refractivity contribution is -0.122. The molecule has 1 amide bonds. The van der Waals surface area contributed by atoms with Gasteiger partial charge in [0, 0.05) is 24.0 Å². The van der Waals surface area contributed by atoms with Crippen molar-refractivity contribution in [3.63, 3.8) is 0 Å². The largest absolute Gasteiger partial charge is 0.347 e. The Labute approximate surface area is 110 Å². The molecule has 1 unspecified atom stereocenters. The molecule has 3 N–H and O–H groups in total. The van der Waals surface area contributed by atoms with Gasteiger partial charge in [-0.15, -0.1) is 36.6 Å². The molecule has 5 nitrogen and oxygen atoms in total. The minimum atomic E-state index is -0.0463. The number of imidazole rings is 1. The highest BCUT2D eigenvalue weighted by Gasteiger charge is 2.21. The molecule has 1 saturated heterocycles. The molecule has 16 heavy (non-hydrogen) atoms. The monoisotopic (exact) mass is 284 g/mol. The number of carbonyl (C=O) groups excluding carboxylic acids is 1. The molecular formula is C8H14Cl2N4OS. The van der Waals surface area contributed by atoms with Crippen molar-refractivity contribution in [3.05, 3.63) is 18.2 Å². The summed E-state index contributed by atoms with van der Waals surface area (Å²) in [5.74, 6) is 2.54. The Kier molecular flexibility index (Phi) is 7.57. The van der Waals surface area contributed by atoms with E-state index in [1.54, 1.807) is 24.2 Å². The van der Waals surface area contributed by atoms with Gasteiger partial charge >= 0.3 is 0 Å². The molecule has 92 valence electrons. The van der Waals surface area contributed by atoms with Gasteiger partial charge in [0.25, 0.3) is 0 Å². The Morgan fingerprint density at radius 2 is 2.44 bits per heavy atom. The van der Waals surface area contributed by atoms with E-state index in [2.05, 4.69) is 20.6 Å². The molecule has 2 rings (SSSR count). The first-order chi connectivity index (χ1) is 6.86. The molecule has 1 aromatic rings. The molecule has 0 radical (unpaired) electrons. The van der Waals surface area contributed by atoms with Gasteiger partial charge in [-0.05, 0) is 0 Å². The van der Waals surface area contributed by atoms with Crippen LogP contribution in [0.15, 0.2) is 12.4 Å². The zero-order chi connectivity index (χ0) is 9.80. The lowest BCUT2D eigenvalue weighted by atomic mass is 10.3. The molecule has 1 aliphatic heterocycles. The fourth-order valence-electron chi connectivity index (χ4n) is 1.25. The number of carbonyl (C=O) groups is 1. The molecule has 0 aliphatic carbocycles. The van der Waals surface area contributed by atoms with Gasteiger partial charge in [0.1, 0.15) is 5.82 Å². The third kappa shape index (κ3) is 4.21. The van der Waals surface area contributed by atoms with Crippen LogP contribution in [0.5, 0.6) is 0 Å². The maximum atomic E-state index is 11.5. The highest BCUT2D eigenvalue weighted by Crippen LogP contribution is 2.09. The Morgan fingerprint density at radius 3 is 3.00 bits per heavy atom. The molecule has 0 spiro atoms. The summed E-state index contributed by atoms with van der Waals surface area (Å²) in [6.45, 7) is 0.467. The van der Waals surface area contributed by atoms with E-state index in [0.29, 0.717) is 6.54 Å². The number of nitrogens with one attached hydrogen (secondary N) is 3. The molecule has 8 heteroatoms. The van der Waals surface area contributed by atoms with Crippen molar-refractivity contribution in [2.24, 2.45) is 0 Å². The van der Waals surface area contributed by atoms with Crippen LogP contribution in [0.1, 0.15) is 5.82 Å². The summed E-state index contributed by atoms with van der Waals surface area (Å²) in [6.07, 6.45) is 3.41. The SMILES string of the molecule is Cl.Cl.O=C(NCc1ncc[nH]1)C1CSCN1. The lowest BCUT2D eigenvalue weighted by Gasteiger charge is -2.08. The van der Waals surface area contributed by atoms with E-state index in [9.17, 15) is 4.79 Å². The van der Waals surface area contributed by atoms with Crippen molar-refractivity contribution < 1.29 is 4.79 Å². The van der Waals surface area contributed by atoms with Crippen molar-refractivity contribution in [2.45, 2.75) is 12.6 Å². The first kappa shape index (κ1) is 15.6. The molecular weight excluding hydrogens is 271 g/mol. The van der Waals surface area contributed by atoms with E-state index in [1.807, 2.05) is 0 Å². The van der Waals surface area contributed by atoms with Gasteiger partial charge in [-0.2, -0.15) is 0 Å². The van der Waals surface area contributed by atoms with Crippen molar-refractivity contribution in [1.29, 1.82) is 0 Å². The Balaban J connectivity index is 0.00000112. The van der Waals surface area contributed by atoms with Crippen molar-refractivity contribution in [1.82, 2.24) is 20.6 Å². The Hall–Kier alpha value is -0.430. The van der Waals surface area contributed by atoms with Crippen LogP contribution in [0.3, 0.4) is 0 Å². The minimum Gasteiger partial charge on any atom is -0.347 e. The van der Waals surface area contributed by atoms with Gasteiger partial charge in [-0.3, -0.25) is 10.1 Å². The van der Waals surface area contributed by atoms with Gasteiger partial charge in [0.2, 0.25) is 5.91 Å². The summed E-state index contributed by atoms with van der Waals surface area (Å²) in [5.41, 5.74) is 0. The fourth-order valence-corrected chi connectivity index (χ4v) is 2.19. The summed E-state index contributed by atoms with van der Waals surface area (Å²) in [5, 5.41) is 5.93. The maximum absolute atomic E-state index is 11.5. The van der Waals surface area contributed by atoms with Gasteiger partial charge in [-0.25, -0.2) is 4.98 Å². The number of H-pyrrole nitrogens is 1. The fraction of sp³-hybridized carbons (Fsp3) is 0.500. The minimum absolute atomic E-state index is 0. The predicted molar refractivity (Wildman–Crippen MR) is 69.2 cm³/mol. The summed E-state index contributed by atoms with van der Waals surface area (Å²) in [7, 11) is 0. The molecule has 1 aliphatic rings. The highest BCUT2D eigenvalue weighted by atomic mass is 35.5. The van der Waals surface area contributed by atoms with Crippen LogP contribution in [0.2, 0.25) is 0 Å². The van der Waals surface area contributed by atoms with Crippen molar-refractivity contribution in [2.75, 3.05) is 11.6 Å². The number of nitrogens with zero attached hydrogens (tertiary/aromatic N) is 1. The van der Waals surface area contributed by atoms with Crippen LogP contribution in [0, 0.1) is 0 Å². The van der Waals surface area contributed by atoms with Crippen LogP contribution >= 0.6 is 36.6 Å². The molecule has 0 saturated carbocycles. The van der Waals surface area contributed by atoms with E-state index in [-0.39, 0.29) is 36.8 Å². The number of rotatable bonds is 3. The summed E-state index contributed by atoms with van der Waals surface area (Å²) in [4.78, 5) is 18.5. The number of aromatic nitrogens is 2. The average molecular weight is 285 g/mol. The lowest BCUT2D eigenvalue weighted by Crippen LogP contribution is -2.41. The Morgan fingerprint density at radius 1 is 1.62 bits per heavy atom. The first-order valence-corrected chi connectivity index (χ1v) is 5.59. The highest BCUT2D eigenvalue weighted by molar-refractivity contribution is 7.99. The smallest absolute Gasteiger partial charge is 0.238 e. The van der Waals surface area contributed by atoms with E-state index < -0.39 is 0 Å². The standard InChI is InChI=1S/C8H12N4OS.2ClH/c13-8(6-4-14-5-12-6)11-3-7-9-1-2-10-7;;/h1-2,6,12H,3-5H2,(H,9,10)(H,11,13);2*1H. The number of amides is 1. The Bertz CT molecular complexity index is 303. The summed E-state index contributed by atoms with van der Waals surface area (Å²) >= 11 is 1.74. The third-order valence-electron chi connectivity index (χ3n) is 2.02. The van der Waals surface area contributed by atoms with Gasteiger partial charge in [-0.1, -0.05) is 0 Å². The number of hydrogen-bond acceptors (Lipinski definition) is 4. The number of hydrogen-bond donors (Lipinski definition) is 3. The topological polar surface area (TPSA) is 69.8 Å². The average Bonchev–Trinajstić information content (AvgIpc) is 2.87. The molecule has 2 heterocycles. The zero-order valence-electron chi connectivity index (χ0n) is 8.43. The summed E-state index contributed by atoms with van der Waals surface area (Å²) < 4.78 is 0. The van der Waals surface area contributed by atoms with Crippen LogP contribution in [-0.4, -0.2) is 33.5 Å². The quantitative estimate of drug-likeness (QED) is 0.758. The molecule has 1 atom stereocenters. The van der Waals surface area contributed by atoms with E-state index in [4.69, 9.17) is 0 Å². The number of halogens is 2. The first-order valence-electron chi connectivity index (χ1n) is 4.43. The second-order valence-corrected chi connectivity index (χ2v) is 4.06. The molecule has 0 aromatic carbocycles. The summed E-state index contributed by atoms with van der Waals surface area (Å²) in [6, 6.07) is -0.0463. The van der Waals surface area contributed by atoms with E-state index in [0.717, 1.165) is 17.5 Å². The van der Waals surface area contributed by atoms with Crippen LogP contribution in [0.4, 0.5) is 0 Å².